The van der Waals surface area contributed by atoms with Gasteiger partial charge in [-0.25, -0.2) is 0 Å². The molecule has 8 heteroatoms. The van der Waals surface area contributed by atoms with Gasteiger partial charge in [-0.2, -0.15) is 0 Å². The third kappa shape index (κ3) is 5.98. The predicted octanol–water partition coefficient (Wildman–Crippen LogP) is -0.823. The molecule has 0 heterocycles. The lowest BCUT2D eigenvalue weighted by atomic mass is 9.89. The molecule has 232 valence electrons. The van der Waals surface area contributed by atoms with E-state index in [0.29, 0.717) is 0 Å². The molecule has 6 rings (SSSR count). The van der Waals surface area contributed by atoms with E-state index in [1.54, 1.807) is 0 Å². The van der Waals surface area contributed by atoms with Crippen LogP contribution in [0.4, 0.5) is 0 Å². The zero-order chi connectivity index (χ0) is 34.6. The highest BCUT2D eigenvalue weighted by Gasteiger charge is 2.39. The van der Waals surface area contributed by atoms with Crippen molar-refractivity contribution in [1.82, 2.24) is 0 Å². The van der Waals surface area contributed by atoms with E-state index in [-0.39, 0.29) is 0 Å². The minimum absolute atomic E-state index is 1.37. The monoisotopic (exact) mass is 632 g/mol. The molecule has 0 aromatic heterocycles. The van der Waals surface area contributed by atoms with Crippen LogP contribution in [-0.4, -0.2) is 102 Å². The summed E-state index contributed by atoms with van der Waals surface area (Å²) in [6.45, 7) is 0. The second-order valence-corrected chi connectivity index (χ2v) is 10.1. The van der Waals surface area contributed by atoms with Gasteiger partial charge in [-0.15, -0.1) is 0 Å². The van der Waals surface area contributed by atoms with Crippen molar-refractivity contribution in [3.63, 3.8) is 0 Å². The fourth-order valence-electron chi connectivity index (χ4n) is 4.09. The fraction of sp³-hybridized carbons (Fsp3) is 0.400. The van der Waals surface area contributed by atoms with Crippen molar-refractivity contribution in [2.24, 2.45) is 0 Å². The third-order valence-corrected chi connectivity index (χ3v) is 7.42. The molecule has 0 amide bonds. The van der Waals surface area contributed by atoms with Crippen LogP contribution in [0.25, 0.3) is 0 Å². The van der Waals surface area contributed by atoms with Gasteiger partial charge in [-0.05, 0) is 142 Å². The van der Waals surface area contributed by atoms with Gasteiger partial charge < -0.3 is 37.9 Å². The molecule has 0 aromatic carbocycles. The van der Waals surface area contributed by atoms with E-state index >= 15 is 0 Å². The molecular weight excluding hydrogens is 608 g/mol. The standard InChI is InChI=1S/C40H24O8/c1-41-33-9-12-34(42-2)15-21-37(45-5)23-17-35(43-3,13-10-33)19-25-39(47-7)26-20-36(44-4,14-11-33)18-24-38(46-6,22-16-34)28-31-40(48-8,30-27-37)32-29-39/h1-8H3. The Hall–Kier alpha value is -5.60. The molecule has 0 aliphatic heterocycles. The van der Waals surface area contributed by atoms with Crippen molar-refractivity contribution in [2.45, 2.75) is 44.8 Å². The summed E-state index contributed by atoms with van der Waals surface area (Å²) in [5.41, 5.74) is -14.8. The lowest BCUT2D eigenvalue weighted by molar-refractivity contribution is 0.112. The van der Waals surface area contributed by atoms with Crippen LogP contribution in [0.5, 0.6) is 0 Å². The van der Waals surface area contributed by atoms with Gasteiger partial charge in [0.25, 0.3) is 44.8 Å². The SMILES string of the molecule is COC12C#CC3(OC)C#CC4(OC)C#CC(OC)(C#C1)C#CC1(OC)C#CC(OC)(C#C2)C#CC(OC)(C#C3)C#CC(OC)(C#C4)C#C1. The Labute approximate surface area is 281 Å². The maximum Gasteiger partial charge on any atom is 0.254 e. The van der Waals surface area contributed by atoms with Crippen LogP contribution in [0.2, 0.25) is 0 Å². The van der Waals surface area contributed by atoms with Gasteiger partial charge in [0, 0.05) is 56.9 Å². The van der Waals surface area contributed by atoms with Crippen LogP contribution in [0, 0.1) is 142 Å². The molecule has 0 saturated carbocycles. The average molecular weight is 633 g/mol. The van der Waals surface area contributed by atoms with Crippen molar-refractivity contribution in [3.8, 4) is 142 Å². The van der Waals surface area contributed by atoms with E-state index in [1.807, 2.05) is 0 Å². The van der Waals surface area contributed by atoms with Crippen LogP contribution < -0.4 is 0 Å². The van der Waals surface area contributed by atoms with Crippen molar-refractivity contribution in [2.75, 3.05) is 56.9 Å². The van der Waals surface area contributed by atoms with E-state index in [1.165, 1.54) is 56.9 Å². The van der Waals surface area contributed by atoms with Gasteiger partial charge in [0.15, 0.2) is 0 Å². The second-order valence-electron chi connectivity index (χ2n) is 10.1. The maximum atomic E-state index is 5.85. The van der Waals surface area contributed by atoms with Crippen LogP contribution in [-0.2, 0) is 37.9 Å². The summed E-state index contributed by atoms with van der Waals surface area (Å²) in [7, 11) is 11.0. The number of rotatable bonds is 8. The Bertz CT molecular complexity index is 1570. The summed E-state index contributed by atoms with van der Waals surface area (Å²) in [6, 6.07) is 0. The molecular formula is C40H24O8. The van der Waals surface area contributed by atoms with E-state index < -0.39 is 44.8 Å². The quantitative estimate of drug-likeness (QED) is 0.322. The van der Waals surface area contributed by atoms with Gasteiger partial charge in [0.2, 0.25) is 0 Å². The fourth-order valence-corrected chi connectivity index (χ4v) is 4.09. The maximum absolute atomic E-state index is 5.85. The number of hydrogen-bond acceptors (Lipinski definition) is 8. The molecule has 0 atom stereocenters. The molecule has 0 radical (unpaired) electrons. The normalized spacial score (nSPS) is 38.5. The van der Waals surface area contributed by atoms with Gasteiger partial charge >= 0.3 is 0 Å². The first-order valence-corrected chi connectivity index (χ1v) is 13.9. The molecule has 0 fully saturated rings. The van der Waals surface area contributed by atoms with E-state index in [0.717, 1.165) is 0 Å². The smallest absolute Gasteiger partial charge is 0.254 e. The lowest BCUT2D eigenvalue weighted by Gasteiger charge is -2.25. The summed E-state index contributed by atoms with van der Waals surface area (Å²) < 4.78 is 46.8. The highest BCUT2D eigenvalue weighted by Crippen LogP contribution is 2.23. The highest BCUT2D eigenvalue weighted by atomic mass is 16.5. The number of methoxy groups -OCH3 is 8. The Morgan fingerprint density at radius 1 is 0.167 bits per heavy atom. The predicted molar refractivity (Wildman–Crippen MR) is 171 cm³/mol. The second kappa shape index (κ2) is 12.2. The van der Waals surface area contributed by atoms with Crippen LogP contribution in [0.3, 0.4) is 0 Å². The molecule has 0 unspecified atom stereocenters. The third-order valence-electron chi connectivity index (χ3n) is 7.42. The van der Waals surface area contributed by atoms with E-state index in [2.05, 4.69) is 142 Å². The summed E-state index contributed by atoms with van der Waals surface area (Å²) in [5.74, 6) is 71.0. The number of ether oxygens (including phenoxy) is 8. The summed E-state index contributed by atoms with van der Waals surface area (Å²) in [6.07, 6.45) is 0. The first-order valence-electron chi connectivity index (χ1n) is 13.9. The summed E-state index contributed by atoms with van der Waals surface area (Å²) in [5, 5.41) is 0. The van der Waals surface area contributed by atoms with Gasteiger partial charge in [0.1, 0.15) is 0 Å². The Morgan fingerprint density at radius 2 is 0.229 bits per heavy atom. The van der Waals surface area contributed by atoms with Crippen LogP contribution >= 0.6 is 0 Å². The van der Waals surface area contributed by atoms with Crippen molar-refractivity contribution in [3.05, 3.63) is 0 Å². The van der Waals surface area contributed by atoms with Crippen LogP contribution in [0.15, 0.2) is 0 Å². The van der Waals surface area contributed by atoms with Gasteiger partial charge in [-0.3, -0.25) is 0 Å². The molecule has 48 heavy (non-hydrogen) atoms. The zero-order valence-corrected chi connectivity index (χ0v) is 27.3. The molecule has 0 spiro atoms. The topological polar surface area (TPSA) is 73.8 Å². The van der Waals surface area contributed by atoms with Crippen molar-refractivity contribution in [1.29, 1.82) is 0 Å². The zero-order valence-electron chi connectivity index (χ0n) is 27.3. The minimum Gasteiger partial charge on any atom is -0.345 e. The molecule has 6 aliphatic rings. The van der Waals surface area contributed by atoms with Crippen LogP contribution in [0.1, 0.15) is 0 Å². The van der Waals surface area contributed by atoms with Gasteiger partial charge in [-0.1, -0.05) is 0 Å². The largest absolute Gasteiger partial charge is 0.345 e. The summed E-state index contributed by atoms with van der Waals surface area (Å²) in [4.78, 5) is 0. The molecule has 0 aromatic rings. The van der Waals surface area contributed by atoms with Crippen molar-refractivity contribution >= 4 is 0 Å². The molecule has 0 N–H and O–H groups in total. The Balaban J connectivity index is 2.20. The Kier molecular flexibility index (Phi) is 8.58. The lowest BCUT2D eigenvalue weighted by Crippen LogP contribution is -2.39. The highest BCUT2D eigenvalue weighted by molar-refractivity contribution is 5.64. The first kappa shape index (κ1) is 33.8. The first-order chi connectivity index (χ1) is 23.0. The Morgan fingerprint density at radius 3 is 0.271 bits per heavy atom. The minimum atomic E-state index is -1.85. The average Bonchev–Trinajstić information content (AvgIpc) is 3.12. The molecule has 6 aliphatic carbocycles. The van der Waals surface area contributed by atoms with Gasteiger partial charge in [0.05, 0.1) is 0 Å². The molecule has 8 nitrogen and oxygen atoms in total. The van der Waals surface area contributed by atoms with E-state index in [9.17, 15) is 0 Å². The van der Waals surface area contributed by atoms with E-state index in [4.69, 9.17) is 37.9 Å². The molecule has 8 bridgehead atoms. The number of hydrogen-bond donors (Lipinski definition) is 0. The molecule has 0 saturated heterocycles. The summed E-state index contributed by atoms with van der Waals surface area (Å²) >= 11 is 0. The van der Waals surface area contributed by atoms with Crippen molar-refractivity contribution < 1.29 is 37.9 Å².